The number of aliphatic imine (C=N–C) groups is 2. The summed E-state index contributed by atoms with van der Waals surface area (Å²) in [5.74, 6) is 2.46. The number of terminal acetylenes is 1. The van der Waals surface area contributed by atoms with Gasteiger partial charge in [-0.05, 0) is 122 Å². The molecule has 0 aliphatic carbocycles. The van der Waals surface area contributed by atoms with Crippen LogP contribution in [0, 0.1) is 12.3 Å². The second-order valence-corrected chi connectivity index (χ2v) is 17.6. The van der Waals surface area contributed by atoms with Crippen molar-refractivity contribution in [2.75, 3.05) is 32.7 Å². The highest BCUT2D eigenvalue weighted by molar-refractivity contribution is 6.02. The highest BCUT2D eigenvalue weighted by atomic mass is 16.6. The zero-order chi connectivity index (χ0) is 42.8. The van der Waals surface area contributed by atoms with E-state index in [4.69, 9.17) is 25.4 Å². The molecule has 0 fully saturated rings. The standard InChI is InChI=1S/C41H75N7O8/c1-14-31-48(37(52)56-41(11,12)13)33(47-36(51)55-40(8,9)10)44-30-26-22-18-16-20-24-28-42-27-23-19-15-17-21-25-29-43-32(45-34(49)53-38(2,3)4)46-35(50)54-39(5,6)7/h1,42H,15-31H2,2-13H3,(H,44,47,51)(H2,43,45,46,49,50). The van der Waals surface area contributed by atoms with Crippen molar-refractivity contribution in [2.45, 2.75) is 183 Å². The van der Waals surface area contributed by atoms with E-state index < -0.39 is 46.8 Å². The summed E-state index contributed by atoms with van der Waals surface area (Å²) < 4.78 is 21.4. The van der Waals surface area contributed by atoms with Gasteiger partial charge < -0.3 is 24.3 Å². The maximum absolute atomic E-state index is 12.9. The Morgan fingerprint density at radius 2 is 0.875 bits per heavy atom. The van der Waals surface area contributed by atoms with E-state index in [0.29, 0.717) is 13.1 Å². The summed E-state index contributed by atoms with van der Waals surface area (Å²) in [4.78, 5) is 59.8. The van der Waals surface area contributed by atoms with Gasteiger partial charge in [0.2, 0.25) is 11.9 Å². The molecule has 0 aromatic carbocycles. The first-order valence-corrected chi connectivity index (χ1v) is 20.1. The van der Waals surface area contributed by atoms with Crippen LogP contribution in [-0.4, -0.2) is 96.3 Å². The Balaban J connectivity index is 4.37. The lowest BCUT2D eigenvalue weighted by Crippen LogP contribution is -2.50. The van der Waals surface area contributed by atoms with Gasteiger partial charge >= 0.3 is 24.4 Å². The summed E-state index contributed by atoms with van der Waals surface area (Å²) in [6.45, 7) is 23.8. The maximum Gasteiger partial charge on any atom is 0.418 e. The molecule has 15 heteroatoms. The number of carbonyl (C=O) groups excluding carboxylic acids is 4. The molecule has 0 saturated heterocycles. The van der Waals surface area contributed by atoms with E-state index in [0.717, 1.165) is 95.0 Å². The molecule has 322 valence electrons. The Bertz CT molecular complexity index is 1250. The normalized spacial score (nSPS) is 12.2. The first kappa shape index (κ1) is 51.9. The first-order valence-electron chi connectivity index (χ1n) is 20.1. The van der Waals surface area contributed by atoms with Crippen molar-refractivity contribution in [1.29, 1.82) is 0 Å². The fraction of sp³-hybridized carbons (Fsp3) is 0.805. The topological polar surface area (TPSA) is 181 Å². The quantitative estimate of drug-likeness (QED) is 0.0328. The highest BCUT2D eigenvalue weighted by Gasteiger charge is 2.28. The molecule has 0 bridgehead atoms. The number of alkyl carbamates (subject to hydrolysis) is 3. The van der Waals surface area contributed by atoms with Gasteiger partial charge in [0.25, 0.3) is 0 Å². The number of guanidine groups is 2. The van der Waals surface area contributed by atoms with E-state index in [-0.39, 0.29) is 18.5 Å². The molecule has 0 rings (SSSR count). The molecule has 0 saturated carbocycles. The van der Waals surface area contributed by atoms with Crippen molar-refractivity contribution in [3.63, 3.8) is 0 Å². The van der Waals surface area contributed by atoms with Crippen molar-refractivity contribution >= 4 is 36.3 Å². The molecule has 56 heavy (non-hydrogen) atoms. The summed E-state index contributed by atoms with van der Waals surface area (Å²) >= 11 is 0. The fourth-order valence-corrected chi connectivity index (χ4v) is 4.77. The molecule has 0 atom stereocenters. The lowest BCUT2D eigenvalue weighted by molar-refractivity contribution is 0.0373. The van der Waals surface area contributed by atoms with Crippen molar-refractivity contribution in [3.05, 3.63) is 0 Å². The Morgan fingerprint density at radius 3 is 1.27 bits per heavy atom. The van der Waals surface area contributed by atoms with E-state index in [1.807, 2.05) is 0 Å². The minimum Gasteiger partial charge on any atom is -0.444 e. The Kier molecular flexibility index (Phi) is 24.8. The van der Waals surface area contributed by atoms with E-state index in [1.165, 1.54) is 0 Å². The third-order valence-electron chi connectivity index (χ3n) is 7.03. The van der Waals surface area contributed by atoms with Gasteiger partial charge in [0.15, 0.2) is 0 Å². The molecule has 0 aliphatic rings. The van der Waals surface area contributed by atoms with Crippen LogP contribution < -0.4 is 21.3 Å². The molecule has 4 amide bonds. The van der Waals surface area contributed by atoms with Crippen LogP contribution in [0.15, 0.2) is 9.98 Å². The van der Waals surface area contributed by atoms with Crippen LogP contribution in [0.2, 0.25) is 0 Å². The number of nitrogens with zero attached hydrogens (tertiary/aromatic N) is 3. The summed E-state index contributed by atoms with van der Waals surface area (Å²) in [5, 5.41) is 11.1. The Morgan fingerprint density at radius 1 is 0.518 bits per heavy atom. The van der Waals surface area contributed by atoms with Crippen molar-refractivity contribution < 1.29 is 38.1 Å². The van der Waals surface area contributed by atoms with E-state index in [1.54, 1.807) is 83.1 Å². The van der Waals surface area contributed by atoms with Crippen molar-refractivity contribution in [2.24, 2.45) is 9.98 Å². The summed E-state index contributed by atoms with van der Waals surface area (Å²) in [6, 6.07) is 0. The van der Waals surface area contributed by atoms with Crippen LogP contribution in [0.5, 0.6) is 0 Å². The zero-order valence-corrected chi connectivity index (χ0v) is 36.7. The molecule has 4 N–H and O–H groups in total. The van der Waals surface area contributed by atoms with Crippen LogP contribution in [0.4, 0.5) is 19.2 Å². The molecule has 0 spiro atoms. The molecule has 0 aromatic heterocycles. The second-order valence-electron chi connectivity index (χ2n) is 17.6. The van der Waals surface area contributed by atoms with Crippen LogP contribution >= 0.6 is 0 Å². The zero-order valence-electron chi connectivity index (χ0n) is 36.7. The predicted octanol–water partition coefficient (Wildman–Crippen LogP) is 8.41. The van der Waals surface area contributed by atoms with Gasteiger partial charge in [-0.25, -0.2) is 24.1 Å². The fourth-order valence-electron chi connectivity index (χ4n) is 4.77. The number of amides is 4. The van der Waals surface area contributed by atoms with Gasteiger partial charge in [-0.3, -0.25) is 25.9 Å². The summed E-state index contributed by atoms with van der Waals surface area (Å²) in [7, 11) is 0. The average molecular weight is 794 g/mol. The van der Waals surface area contributed by atoms with Gasteiger partial charge in [-0.1, -0.05) is 57.3 Å². The third-order valence-corrected chi connectivity index (χ3v) is 7.03. The summed E-state index contributed by atoms with van der Waals surface area (Å²) in [6.07, 6.45) is 15.2. The number of carbonyl (C=O) groups is 4. The number of unbranched alkanes of at least 4 members (excludes halogenated alkanes) is 10. The highest BCUT2D eigenvalue weighted by Crippen LogP contribution is 2.13. The van der Waals surface area contributed by atoms with Crippen molar-refractivity contribution in [3.8, 4) is 12.3 Å². The van der Waals surface area contributed by atoms with Gasteiger partial charge in [0.05, 0.1) is 6.54 Å². The largest absolute Gasteiger partial charge is 0.444 e. The number of nitrogens with one attached hydrogen (secondary N) is 4. The molecular formula is C41H75N7O8. The number of rotatable bonds is 19. The van der Waals surface area contributed by atoms with Gasteiger partial charge in [0.1, 0.15) is 22.4 Å². The third kappa shape index (κ3) is 32.2. The van der Waals surface area contributed by atoms with Crippen LogP contribution in [0.1, 0.15) is 160 Å². The summed E-state index contributed by atoms with van der Waals surface area (Å²) in [5.41, 5.74) is -2.85. The monoisotopic (exact) mass is 794 g/mol. The Labute approximate surface area is 337 Å². The lowest BCUT2D eigenvalue weighted by Gasteiger charge is -2.27. The van der Waals surface area contributed by atoms with Gasteiger partial charge in [0, 0.05) is 13.1 Å². The molecular weight excluding hydrogens is 718 g/mol. The Hall–Kier alpha value is -4.06. The van der Waals surface area contributed by atoms with E-state index >= 15 is 0 Å². The SMILES string of the molecule is C#CCN(C(=O)OC(C)(C)C)C(=NCCCCCCCCNCCCCCCCCN=C(NC(=O)OC(C)(C)C)NC(=O)OC(C)(C)C)NC(=O)OC(C)(C)C. The van der Waals surface area contributed by atoms with Crippen LogP contribution in [0.25, 0.3) is 0 Å². The number of hydrogen-bond acceptors (Lipinski definition) is 11. The van der Waals surface area contributed by atoms with E-state index in [2.05, 4.69) is 37.2 Å². The lowest BCUT2D eigenvalue weighted by atomic mass is 10.1. The molecule has 0 aliphatic heterocycles. The van der Waals surface area contributed by atoms with E-state index in [9.17, 15) is 19.2 Å². The molecule has 0 radical (unpaired) electrons. The number of ether oxygens (including phenoxy) is 4. The number of hydrogen-bond donors (Lipinski definition) is 4. The smallest absolute Gasteiger partial charge is 0.418 e. The van der Waals surface area contributed by atoms with Gasteiger partial charge in [-0.2, -0.15) is 0 Å². The minimum atomic E-state index is -0.751. The van der Waals surface area contributed by atoms with Crippen LogP contribution in [0.3, 0.4) is 0 Å². The molecule has 0 unspecified atom stereocenters. The predicted molar refractivity (Wildman–Crippen MR) is 223 cm³/mol. The average Bonchev–Trinajstić information content (AvgIpc) is 3.00. The molecule has 0 aromatic rings. The molecule has 0 heterocycles. The minimum absolute atomic E-state index is 0.0105. The molecule has 15 nitrogen and oxygen atoms in total. The van der Waals surface area contributed by atoms with Gasteiger partial charge in [-0.15, -0.1) is 6.42 Å². The second kappa shape index (κ2) is 26.7. The first-order chi connectivity index (χ1) is 25.9. The maximum atomic E-state index is 12.9. The van der Waals surface area contributed by atoms with Crippen molar-refractivity contribution in [1.82, 2.24) is 26.2 Å². The van der Waals surface area contributed by atoms with Crippen LogP contribution in [-0.2, 0) is 18.9 Å².